The Morgan fingerprint density at radius 3 is 2.45 bits per heavy atom. The number of methoxy groups -OCH3 is 1. The molecule has 7 heteroatoms. The van der Waals surface area contributed by atoms with Crippen molar-refractivity contribution < 1.29 is 19.0 Å². The number of morpholine rings is 1. The number of carbonyl (C=O) groups is 1. The van der Waals surface area contributed by atoms with Crippen molar-refractivity contribution in [2.24, 2.45) is 5.92 Å². The number of piperidine rings is 1. The summed E-state index contributed by atoms with van der Waals surface area (Å²) in [5, 5.41) is 0. The summed E-state index contributed by atoms with van der Waals surface area (Å²) in [5.41, 5.74) is 0.631. The molecule has 2 aliphatic heterocycles. The molecule has 2 unspecified atom stereocenters. The van der Waals surface area contributed by atoms with Crippen LogP contribution in [0, 0.1) is 5.92 Å². The first-order valence-electron chi connectivity index (χ1n) is 10.6. The van der Waals surface area contributed by atoms with Gasteiger partial charge in [0.25, 0.3) is 5.91 Å². The molecule has 2 fully saturated rings. The van der Waals surface area contributed by atoms with E-state index in [1.165, 1.54) is 0 Å². The molecular weight excluding hydrogens is 436 g/mol. The Morgan fingerprint density at radius 1 is 1.21 bits per heavy atom. The standard InChI is InChI=1S/C22H33BrN2O4/c1-5-28-21-19(23)10-18(11-20(21)27-4)22(26)25-8-6-17(7-9-25)14-24-12-15(2)29-16(3)13-24/h10-11,15-17H,5-9,12-14H2,1-4H3. The molecular formula is C22H33BrN2O4. The predicted octanol–water partition coefficient (Wildman–Crippen LogP) is 3.82. The maximum Gasteiger partial charge on any atom is 0.254 e. The highest BCUT2D eigenvalue weighted by atomic mass is 79.9. The molecule has 1 aromatic rings. The number of nitrogens with zero attached hydrogens (tertiary/aromatic N) is 2. The molecule has 1 aromatic carbocycles. The normalized spacial score (nSPS) is 23.8. The van der Waals surface area contributed by atoms with E-state index in [0.717, 1.165) is 50.0 Å². The molecule has 0 radical (unpaired) electrons. The van der Waals surface area contributed by atoms with Crippen LogP contribution < -0.4 is 9.47 Å². The van der Waals surface area contributed by atoms with E-state index in [9.17, 15) is 4.79 Å². The fraction of sp³-hybridized carbons (Fsp3) is 0.682. The summed E-state index contributed by atoms with van der Waals surface area (Å²) in [7, 11) is 1.59. The first kappa shape index (κ1) is 22.4. The second kappa shape index (κ2) is 10.1. The van der Waals surface area contributed by atoms with Gasteiger partial charge in [0.05, 0.1) is 30.4 Å². The zero-order valence-electron chi connectivity index (χ0n) is 17.9. The molecule has 6 nitrogen and oxygen atoms in total. The summed E-state index contributed by atoms with van der Waals surface area (Å²) in [6, 6.07) is 3.61. The third-order valence-corrected chi connectivity index (χ3v) is 6.27. The number of halogens is 1. The minimum Gasteiger partial charge on any atom is -0.493 e. The number of hydrogen-bond donors (Lipinski definition) is 0. The second-order valence-electron chi connectivity index (χ2n) is 8.13. The lowest BCUT2D eigenvalue weighted by Crippen LogP contribution is -2.48. The van der Waals surface area contributed by atoms with Crippen molar-refractivity contribution in [1.82, 2.24) is 9.80 Å². The van der Waals surface area contributed by atoms with Gasteiger partial charge in [0.15, 0.2) is 11.5 Å². The van der Waals surface area contributed by atoms with Gasteiger partial charge < -0.3 is 19.1 Å². The van der Waals surface area contributed by atoms with Crippen molar-refractivity contribution in [2.75, 3.05) is 46.4 Å². The van der Waals surface area contributed by atoms with Gasteiger partial charge in [0.2, 0.25) is 0 Å². The van der Waals surface area contributed by atoms with Gasteiger partial charge in [-0.3, -0.25) is 9.69 Å². The molecule has 0 spiro atoms. The number of amides is 1. The smallest absolute Gasteiger partial charge is 0.254 e. The Hall–Kier alpha value is -1.31. The fourth-order valence-corrected chi connectivity index (χ4v) is 4.98. The first-order chi connectivity index (χ1) is 13.9. The molecule has 0 saturated carbocycles. The van der Waals surface area contributed by atoms with Crippen molar-refractivity contribution in [3.8, 4) is 11.5 Å². The van der Waals surface area contributed by atoms with Crippen LogP contribution in [0.3, 0.4) is 0 Å². The van der Waals surface area contributed by atoms with Crippen LogP contribution >= 0.6 is 15.9 Å². The van der Waals surface area contributed by atoms with Gasteiger partial charge in [-0.05, 0) is 67.6 Å². The van der Waals surface area contributed by atoms with E-state index in [4.69, 9.17) is 14.2 Å². The summed E-state index contributed by atoms with van der Waals surface area (Å²) < 4.78 is 17.6. The molecule has 2 atom stereocenters. The maximum absolute atomic E-state index is 13.1. The van der Waals surface area contributed by atoms with E-state index in [1.54, 1.807) is 13.2 Å². The lowest BCUT2D eigenvalue weighted by molar-refractivity contribution is -0.0728. The van der Waals surface area contributed by atoms with Crippen LogP contribution in [0.1, 0.15) is 44.0 Å². The third kappa shape index (κ3) is 5.64. The van der Waals surface area contributed by atoms with E-state index in [-0.39, 0.29) is 5.91 Å². The number of benzene rings is 1. The average Bonchev–Trinajstić information content (AvgIpc) is 2.68. The Labute approximate surface area is 182 Å². The molecule has 2 heterocycles. The minimum absolute atomic E-state index is 0.0547. The van der Waals surface area contributed by atoms with E-state index >= 15 is 0 Å². The topological polar surface area (TPSA) is 51.2 Å². The molecule has 0 N–H and O–H groups in total. The lowest BCUT2D eigenvalue weighted by atomic mass is 9.95. The monoisotopic (exact) mass is 468 g/mol. The maximum atomic E-state index is 13.1. The van der Waals surface area contributed by atoms with Crippen molar-refractivity contribution in [3.05, 3.63) is 22.2 Å². The fourth-order valence-electron chi connectivity index (χ4n) is 4.43. The Bertz CT molecular complexity index is 696. The van der Waals surface area contributed by atoms with Gasteiger partial charge in [-0.1, -0.05) is 0 Å². The quantitative estimate of drug-likeness (QED) is 0.634. The van der Waals surface area contributed by atoms with Crippen LogP contribution in [0.5, 0.6) is 11.5 Å². The number of carbonyl (C=O) groups excluding carboxylic acids is 1. The lowest BCUT2D eigenvalue weighted by Gasteiger charge is -2.39. The average molecular weight is 469 g/mol. The molecule has 3 rings (SSSR count). The van der Waals surface area contributed by atoms with E-state index in [2.05, 4.69) is 34.7 Å². The molecule has 162 valence electrons. The highest BCUT2D eigenvalue weighted by molar-refractivity contribution is 9.10. The van der Waals surface area contributed by atoms with E-state index in [1.807, 2.05) is 17.9 Å². The Balaban J connectivity index is 1.58. The Morgan fingerprint density at radius 2 is 1.86 bits per heavy atom. The predicted molar refractivity (Wildman–Crippen MR) is 117 cm³/mol. The van der Waals surface area contributed by atoms with Crippen molar-refractivity contribution in [3.63, 3.8) is 0 Å². The largest absolute Gasteiger partial charge is 0.493 e. The molecule has 1 amide bonds. The van der Waals surface area contributed by atoms with Crippen LogP contribution in [-0.4, -0.2) is 74.4 Å². The van der Waals surface area contributed by atoms with Crippen LogP contribution in [0.25, 0.3) is 0 Å². The summed E-state index contributed by atoms with van der Waals surface area (Å²) in [4.78, 5) is 17.5. The molecule has 2 aliphatic rings. The summed E-state index contributed by atoms with van der Waals surface area (Å²) >= 11 is 3.52. The summed E-state index contributed by atoms with van der Waals surface area (Å²) in [6.07, 6.45) is 2.68. The van der Waals surface area contributed by atoms with Gasteiger partial charge in [0.1, 0.15) is 0 Å². The Kier molecular flexibility index (Phi) is 7.82. The van der Waals surface area contributed by atoms with Crippen LogP contribution in [0.2, 0.25) is 0 Å². The molecule has 0 bridgehead atoms. The van der Waals surface area contributed by atoms with Gasteiger partial charge in [-0.15, -0.1) is 0 Å². The molecule has 0 aliphatic carbocycles. The highest BCUT2D eigenvalue weighted by Gasteiger charge is 2.29. The van der Waals surface area contributed by atoms with E-state index in [0.29, 0.717) is 41.8 Å². The number of ether oxygens (including phenoxy) is 3. The van der Waals surface area contributed by atoms with Crippen molar-refractivity contribution >= 4 is 21.8 Å². The van der Waals surface area contributed by atoms with Gasteiger partial charge >= 0.3 is 0 Å². The van der Waals surface area contributed by atoms with Gasteiger partial charge in [-0.25, -0.2) is 0 Å². The number of likely N-dealkylation sites (tertiary alicyclic amines) is 1. The van der Waals surface area contributed by atoms with Crippen LogP contribution in [0.15, 0.2) is 16.6 Å². The molecule has 2 saturated heterocycles. The second-order valence-corrected chi connectivity index (χ2v) is 8.99. The third-order valence-electron chi connectivity index (χ3n) is 5.68. The SMILES string of the molecule is CCOc1c(Br)cc(C(=O)N2CCC(CN3CC(C)OC(C)C3)CC2)cc1OC. The van der Waals surface area contributed by atoms with Crippen LogP contribution in [0.4, 0.5) is 0 Å². The van der Waals surface area contributed by atoms with Crippen LogP contribution in [-0.2, 0) is 4.74 Å². The first-order valence-corrected chi connectivity index (χ1v) is 11.4. The highest BCUT2D eigenvalue weighted by Crippen LogP contribution is 2.37. The zero-order valence-corrected chi connectivity index (χ0v) is 19.5. The molecule has 29 heavy (non-hydrogen) atoms. The zero-order chi connectivity index (χ0) is 21.0. The minimum atomic E-state index is 0.0547. The summed E-state index contributed by atoms with van der Waals surface area (Å²) in [5.74, 6) is 1.91. The number of rotatable bonds is 6. The van der Waals surface area contributed by atoms with Crippen molar-refractivity contribution in [2.45, 2.75) is 45.8 Å². The van der Waals surface area contributed by atoms with E-state index < -0.39 is 0 Å². The molecule has 0 aromatic heterocycles. The van der Waals surface area contributed by atoms with Crippen molar-refractivity contribution in [1.29, 1.82) is 0 Å². The summed E-state index contributed by atoms with van der Waals surface area (Å²) in [6.45, 7) is 11.5. The number of hydrogen-bond acceptors (Lipinski definition) is 5. The van der Waals surface area contributed by atoms with Gasteiger partial charge in [-0.2, -0.15) is 0 Å². The van der Waals surface area contributed by atoms with Gasteiger partial charge in [0, 0.05) is 38.3 Å².